The van der Waals surface area contributed by atoms with Crippen LogP contribution in [0.5, 0.6) is 0 Å². The van der Waals surface area contributed by atoms with Crippen molar-refractivity contribution < 1.29 is 5.21 Å². The van der Waals surface area contributed by atoms with E-state index in [1.807, 2.05) is 36.4 Å². The van der Waals surface area contributed by atoms with Crippen LogP contribution in [-0.2, 0) is 0 Å². The van der Waals surface area contributed by atoms with Crippen LogP contribution in [0.2, 0.25) is 0 Å². The Labute approximate surface area is 122 Å². The van der Waals surface area contributed by atoms with Gasteiger partial charge in [-0.2, -0.15) is 0 Å². The second-order valence-electron chi connectivity index (χ2n) is 4.63. The first-order chi connectivity index (χ1) is 9.72. The zero-order chi connectivity index (χ0) is 14.4. The van der Waals surface area contributed by atoms with Gasteiger partial charge >= 0.3 is 0 Å². The van der Waals surface area contributed by atoms with Crippen LogP contribution in [0.4, 0.5) is 0 Å². The predicted molar refractivity (Wildman–Crippen MR) is 83.3 cm³/mol. The average molecular weight is 289 g/mol. The van der Waals surface area contributed by atoms with E-state index >= 15 is 0 Å². The van der Waals surface area contributed by atoms with Gasteiger partial charge in [0.15, 0.2) is 0 Å². The number of rotatable bonds is 6. The van der Waals surface area contributed by atoms with Crippen LogP contribution >= 0.6 is 11.3 Å². The highest BCUT2D eigenvalue weighted by molar-refractivity contribution is 7.10. The summed E-state index contributed by atoms with van der Waals surface area (Å²) >= 11 is 1.72. The minimum absolute atomic E-state index is 0.136. The molecule has 0 saturated heterocycles. The molecule has 106 valence electrons. The minimum atomic E-state index is -0.136. The van der Waals surface area contributed by atoms with Crippen molar-refractivity contribution in [2.75, 3.05) is 6.54 Å². The van der Waals surface area contributed by atoms with Gasteiger partial charge in [-0.25, -0.2) is 0 Å². The quantitative estimate of drug-likeness (QED) is 0.331. The molecule has 4 N–H and O–H groups in total. The molecule has 20 heavy (non-hydrogen) atoms. The fourth-order valence-corrected chi connectivity index (χ4v) is 2.84. The first-order valence-corrected chi connectivity index (χ1v) is 7.39. The van der Waals surface area contributed by atoms with Crippen molar-refractivity contribution in [3.63, 3.8) is 0 Å². The summed E-state index contributed by atoms with van der Waals surface area (Å²) in [6.45, 7) is 2.74. The molecule has 2 rings (SSSR count). The van der Waals surface area contributed by atoms with E-state index in [0.29, 0.717) is 6.54 Å². The van der Waals surface area contributed by atoms with Crippen LogP contribution in [0, 0.1) is 0 Å². The van der Waals surface area contributed by atoms with Crippen molar-refractivity contribution in [3.8, 4) is 0 Å². The van der Waals surface area contributed by atoms with E-state index in [9.17, 15) is 0 Å². The van der Waals surface area contributed by atoms with Crippen molar-refractivity contribution in [3.05, 3.63) is 58.3 Å². The molecule has 1 aromatic carbocycles. The molecule has 1 aromatic heterocycles. The lowest BCUT2D eigenvalue weighted by Gasteiger charge is -2.19. The number of nitrogens with one attached hydrogen (secondary N) is 1. The summed E-state index contributed by atoms with van der Waals surface area (Å²) in [5, 5.41) is 17.6. The Morgan fingerprint density at radius 3 is 2.65 bits per heavy atom. The van der Waals surface area contributed by atoms with Crippen molar-refractivity contribution in [2.24, 2.45) is 10.9 Å². The molecule has 0 radical (unpaired) electrons. The highest BCUT2D eigenvalue weighted by Gasteiger charge is 2.17. The van der Waals surface area contributed by atoms with Crippen LogP contribution in [-0.4, -0.2) is 17.6 Å². The number of hydrogen-bond acceptors (Lipinski definition) is 4. The molecule has 2 atom stereocenters. The summed E-state index contributed by atoms with van der Waals surface area (Å²) in [7, 11) is 0. The second-order valence-corrected chi connectivity index (χ2v) is 5.61. The minimum Gasteiger partial charge on any atom is -0.409 e. The van der Waals surface area contributed by atoms with E-state index in [0.717, 1.165) is 5.56 Å². The maximum Gasteiger partial charge on any atom is 0.147 e. The third-order valence-corrected chi connectivity index (χ3v) is 4.33. The largest absolute Gasteiger partial charge is 0.409 e. The summed E-state index contributed by atoms with van der Waals surface area (Å²) in [4.78, 5) is 1.27. The second kappa shape index (κ2) is 7.07. The highest BCUT2D eigenvalue weighted by Crippen LogP contribution is 2.20. The molecular weight excluding hydrogens is 270 g/mol. The zero-order valence-corrected chi connectivity index (χ0v) is 12.2. The lowest BCUT2D eigenvalue weighted by atomic mass is 9.97. The number of nitrogens with two attached hydrogens (primary N) is 1. The molecule has 1 heterocycles. The van der Waals surface area contributed by atoms with Gasteiger partial charge < -0.3 is 16.3 Å². The summed E-state index contributed by atoms with van der Waals surface area (Å²) in [6.07, 6.45) is 0. The molecule has 2 aromatic rings. The van der Waals surface area contributed by atoms with Gasteiger partial charge in [0, 0.05) is 17.5 Å². The highest BCUT2D eigenvalue weighted by atomic mass is 32.1. The van der Waals surface area contributed by atoms with Crippen molar-refractivity contribution in [1.29, 1.82) is 0 Å². The van der Waals surface area contributed by atoms with Gasteiger partial charge in [-0.3, -0.25) is 0 Å². The zero-order valence-electron chi connectivity index (χ0n) is 11.4. The van der Waals surface area contributed by atoms with Crippen LogP contribution in [0.1, 0.15) is 29.3 Å². The normalized spacial score (nSPS) is 14.9. The number of hydrogen-bond donors (Lipinski definition) is 3. The van der Waals surface area contributed by atoms with Crippen molar-refractivity contribution >= 4 is 17.2 Å². The SMILES string of the molecule is C[C@H](NCC(/C(N)=N/O)c1ccccc1)c1cccs1. The van der Waals surface area contributed by atoms with E-state index in [-0.39, 0.29) is 17.8 Å². The molecular formula is C15H19N3OS. The van der Waals surface area contributed by atoms with Crippen molar-refractivity contribution in [1.82, 2.24) is 5.32 Å². The van der Waals surface area contributed by atoms with Gasteiger partial charge in [0.25, 0.3) is 0 Å². The fraction of sp³-hybridized carbons (Fsp3) is 0.267. The number of thiophene rings is 1. The Bertz CT molecular complexity index is 540. The van der Waals surface area contributed by atoms with Crippen LogP contribution in [0.25, 0.3) is 0 Å². The molecule has 0 bridgehead atoms. The third kappa shape index (κ3) is 3.59. The Hall–Kier alpha value is -1.85. The van der Waals surface area contributed by atoms with Gasteiger partial charge in [-0.05, 0) is 23.9 Å². The fourth-order valence-electron chi connectivity index (χ4n) is 2.08. The first-order valence-electron chi connectivity index (χ1n) is 6.51. The maximum absolute atomic E-state index is 8.95. The number of oxime groups is 1. The molecule has 0 amide bonds. The van der Waals surface area contributed by atoms with Gasteiger partial charge in [-0.15, -0.1) is 11.3 Å². The van der Waals surface area contributed by atoms with Crippen LogP contribution < -0.4 is 11.1 Å². The number of nitrogens with zero attached hydrogens (tertiary/aromatic N) is 1. The standard InChI is InChI=1S/C15H19N3OS/c1-11(14-8-5-9-20-14)17-10-13(15(16)18-19)12-6-3-2-4-7-12/h2-9,11,13,17,19H,10H2,1H3,(H2,16,18)/t11-,13?/m0/s1. The Morgan fingerprint density at radius 1 is 1.30 bits per heavy atom. The Kier molecular flexibility index (Phi) is 5.15. The summed E-state index contributed by atoms with van der Waals surface area (Å²) in [6, 6.07) is 14.2. The molecule has 0 aliphatic carbocycles. The molecule has 0 aliphatic rings. The average Bonchev–Trinajstić information content (AvgIpc) is 3.02. The van der Waals surface area contributed by atoms with E-state index in [1.54, 1.807) is 11.3 Å². The molecule has 0 spiro atoms. The molecule has 5 heteroatoms. The van der Waals surface area contributed by atoms with Gasteiger partial charge in [0.05, 0.1) is 5.92 Å². The predicted octanol–water partition coefficient (Wildman–Crippen LogP) is 2.93. The molecule has 1 unspecified atom stereocenters. The van der Waals surface area contributed by atoms with Crippen LogP contribution in [0.15, 0.2) is 53.0 Å². The van der Waals surface area contributed by atoms with E-state index in [4.69, 9.17) is 10.9 Å². The molecule has 0 fully saturated rings. The van der Waals surface area contributed by atoms with Crippen LogP contribution in [0.3, 0.4) is 0 Å². The lowest BCUT2D eigenvalue weighted by Crippen LogP contribution is -2.32. The molecule has 0 aliphatic heterocycles. The maximum atomic E-state index is 8.95. The summed E-state index contributed by atoms with van der Waals surface area (Å²) in [5.41, 5.74) is 6.85. The smallest absolute Gasteiger partial charge is 0.147 e. The summed E-state index contributed by atoms with van der Waals surface area (Å²) in [5.74, 6) is 0.0886. The first kappa shape index (κ1) is 14.6. The Balaban J connectivity index is 2.06. The van der Waals surface area contributed by atoms with Gasteiger partial charge in [0.2, 0.25) is 0 Å². The monoisotopic (exact) mass is 289 g/mol. The number of benzene rings is 1. The van der Waals surface area contributed by atoms with E-state index < -0.39 is 0 Å². The van der Waals surface area contributed by atoms with Gasteiger partial charge in [0.1, 0.15) is 5.84 Å². The Morgan fingerprint density at radius 2 is 2.05 bits per heavy atom. The number of amidine groups is 1. The van der Waals surface area contributed by atoms with E-state index in [2.05, 4.69) is 28.8 Å². The summed E-state index contributed by atoms with van der Waals surface area (Å²) < 4.78 is 0. The third-order valence-electron chi connectivity index (χ3n) is 3.27. The molecule has 4 nitrogen and oxygen atoms in total. The van der Waals surface area contributed by atoms with Gasteiger partial charge in [-0.1, -0.05) is 41.6 Å². The van der Waals surface area contributed by atoms with E-state index in [1.165, 1.54) is 4.88 Å². The molecule has 0 saturated carbocycles. The lowest BCUT2D eigenvalue weighted by molar-refractivity contribution is 0.315. The topological polar surface area (TPSA) is 70.6 Å². The van der Waals surface area contributed by atoms with Crippen molar-refractivity contribution in [2.45, 2.75) is 18.9 Å².